The number of nitrogens with zero attached hydrogens (tertiary/aromatic N) is 3. The highest BCUT2D eigenvalue weighted by Gasteiger charge is 2.26. The van der Waals surface area contributed by atoms with E-state index in [0.29, 0.717) is 17.4 Å². The Morgan fingerprint density at radius 3 is 2.67 bits per heavy atom. The van der Waals surface area contributed by atoms with Gasteiger partial charge in [-0.15, -0.1) is 11.6 Å². The minimum atomic E-state index is -0.406. The standard InChI is InChI=1S/C15H19Cl2N3O/c1-5-19(4)15(21)10(3)20-13-11(17)7-6-8-12(13)18-14(20)9(2)16/h6-10H,5H2,1-4H3. The monoisotopic (exact) mass is 327 g/mol. The van der Waals surface area contributed by atoms with Crippen LogP contribution in [0.4, 0.5) is 0 Å². The van der Waals surface area contributed by atoms with E-state index in [4.69, 9.17) is 23.2 Å². The lowest BCUT2D eigenvalue weighted by molar-refractivity contribution is -0.132. The Morgan fingerprint density at radius 1 is 1.43 bits per heavy atom. The van der Waals surface area contributed by atoms with E-state index in [9.17, 15) is 4.79 Å². The number of halogens is 2. The Morgan fingerprint density at radius 2 is 2.10 bits per heavy atom. The van der Waals surface area contributed by atoms with Crippen LogP contribution >= 0.6 is 23.2 Å². The van der Waals surface area contributed by atoms with Crippen molar-refractivity contribution in [1.29, 1.82) is 0 Å². The van der Waals surface area contributed by atoms with Gasteiger partial charge in [-0.2, -0.15) is 0 Å². The van der Waals surface area contributed by atoms with Crippen molar-refractivity contribution in [2.75, 3.05) is 13.6 Å². The van der Waals surface area contributed by atoms with E-state index in [0.717, 1.165) is 11.0 Å². The first-order valence-corrected chi connectivity index (χ1v) is 7.75. The molecular formula is C15H19Cl2N3O. The van der Waals surface area contributed by atoms with E-state index in [1.165, 1.54) is 0 Å². The van der Waals surface area contributed by atoms with Gasteiger partial charge in [0.25, 0.3) is 0 Å². The molecule has 0 aliphatic rings. The summed E-state index contributed by atoms with van der Waals surface area (Å²) in [4.78, 5) is 18.7. The van der Waals surface area contributed by atoms with E-state index >= 15 is 0 Å². The molecule has 0 aliphatic carbocycles. The molecule has 1 aromatic carbocycles. The molecule has 0 fully saturated rings. The molecule has 1 heterocycles. The summed E-state index contributed by atoms with van der Waals surface area (Å²) in [5.41, 5.74) is 1.51. The molecular weight excluding hydrogens is 309 g/mol. The number of rotatable bonds is 4. The van der Waals surface area contributed by atoms with Gasteiger partial charge in [0, 0.05) is 13.6 Å². The minimum absolute atomic E-state index is 0.00952. The minimum Gasteiger partial charge on any atom is -0.344 e. The van der Waals surface area contributed by atoms with E-state index in [-0.39, 0.29) is 11.3 Å². The summed E-state index contributed by atoms with van der Waals surface area (Å²) in [7, 11) is 1.78. The average Bonchev–Trinajstić information content (AvgIpc) is 2.86. The van der Waals surface area contributed by atoms with Crippen molar-refractivity contribution in [3.8, 4) is 0 Å². The van der Waals surface area contributed by atoms with Gasteiger partial charge in [-0.1, -0.05) is 17.7 Å². The molecule has 1 amide bonds. The maximum absolute atomic E-state index is 12.5. The quantitative estimate of drug-likeness (QED) is 0.795. The third-order valence-corrected chi connectivity index (χ3v) is 4.14. The topological polar surface area (TPSA) is 38.1 Å². The molecule has 114 valence electrons. The Kier molecular flexibility index (Phi) is 4.79. The molecule has 0 bridgehead atoms. The number of hydrogen-bond acceptors (Lipinski definition) is 2. The van der Waals surface area contributed by atoms with Gasteiger partial charge in [0.1, 0.15) is 11.9 Å². The first kappa shape index (κ1) is 16.1. The number of aromatic nitrogens is 2. The van der Waals surface area contributed by atoms with E-state index < -0.39 is 6.04 Å². The van der Waals surface area contributed by atoms with Gasteiger partial charge in [0.2, 0.25) is 5.91 Å². The fourth-order valence-corrected chi connectivity index (χ4v) is 2.80. The maximum Gasteiger partial charge on any atom is 0.245 e. The molecule has 2 atom stereocenters. The average molecular weight is 328 g/mol. The summed E-state index contributed by atoms with van der Waals surface area (Å²) in [6, 6.07) is 5.11. The highest BCUT2D eigenvalue weighted by molar-refractivity contribution is 6.35. The number of carbonyl (C=O) groups excluding carboxylic acids is 1. The van der Waals surface area contributed by atoms with Crippen LogP contribution in [0, 0.1) is 0 Å². The van der Waals surface area contributed by atoms with Gasteiger partial charge in [0.15, 0.2) is 0 Å². The highest BCUT2D eigenvalue weighted by atomic mass is 35.5. The molecule has 0 saturated heterocycles. The molecule has 2 rings (SSSR count). The molecule has 0 saturated carbocycles. The summed E-state index contributed by atoms with van der Waals surface area (Å²) >= 11 is 12.6. The Bertz CT molecular complexity index is 666. The van der Waals surface area contributed by atoms with Crippen molar-refractivity contribution < 1.29 is 4.79 Å². The predicted molar refractivity (Wildman–Crippen MR) is 87.0 cm³/mol. The second-order valence-corrected chi connectivity index (χ2v) is 6.15. The van der Waals surface area contributed by atoms with Gasteiger partial charge in [-0.05, 0) is 32.9 Å². The van der Waals surface area contributed by atoms with E-state index in [1.54, 1.807) is 18.0 Å². The van der Waals surface area contributed by atoms with E-state index in [1.807, 2.05) is 37.5 Å². The highest BCUT2D eigenvalue weighted by Crippen LogP contribution is 2.32. The number of benzene rings is 1. The molecule has 6 heteroatoms. The lowest BCUT2D eigenvalue weighted by atomic mass is 10.2. The number of amides is 1. The number of hydrogen-bond donors (Lipinski definition) is 0. The van der Waals surface area contributed by atoms with Crippen LogP contribution in [0.2, 0.25) is 5.02 Å². The number of alkyl halides is 1. The third kappa shape index (κ3) is 2.87. The second kappa shape index (κ2) is 6.24. The van der Waals surface area contributed by atoms with E-state index in [2.05, 4.69) is 4.98 Å². The fourth-order valence-electron chi connectivity index (χ4n) is 2.38. The van der Waals surface area contributed by atoms with Crippen molar-refractivity contribution in [1.82, 2.24) is 14.5 Å². The fraction of sp³-hybridized carbons (Fsp3) is 0.467. The van der Waals surface area contributed by atoms with Crippen LogP contribution in [-0.4, -0.2) is 34.0 Å². The maximum atomic E-state index is 12.5. The van der Waals surface area contributed by atoms with Crippen LogP contribution in [0.15, 0.2) is 18.2 Å². The second-order valence-electron chi connectivity index (χ2n) is 5.09. The smallest absolute Gasteiger partial charge is 0.245 e. The Hall–Kier alpha value is -1.26. The van der Waals surface area contributed by atoms with Gasteiger partial charge in [0.05, 0.1) is 21.4 Å². The van der Waals surface area contributed by atoms with Gasteiger partial charge < -0.3 is 9.47 Å². The van der Waals surface area contributed by atoms with Crippen LogP contribution in [0.3, 0.4) is 0 Å². The lowest BCUT2D eigenvalue weighted by Crippen LogP contribution is -2.33. The summed E-state index contributed by atoms with van der Waals surface area (Å²) < 4.78 is 1.85. The van der Waals surface area contributed by atoms with Crippen molar-refractivity contribution in [3.63, 3.8) is 0 Å². The Labute approximate surface area is 134 Å². The Balaban J connectivity index is 2.65. The SMILES string of the molecule is CCN(C)C(=O)C(C)n1c(C(C)Cl)nc2cccc(Cl)c21. The molecule has 21 heavy (non-hydrogen) atoms. The first-order chi connectivity index (χ1) is 9.88. The van der Waals surface area contributed by atoms with Crippen LogP contribution in [0.5, 0.6) is 0 Å². The predicted octanol–water partition coefficient (Wildman–Crippen LogP) is 4.03. The van der Waals surface area contributed by atoms with Gasteiger partial charge in [-0.3, -0.25) is 4.79 Å². The number of para-hydroxylation sites is 1. The van der Waals surface area contributed by atoms with Crippen molar-refractivity contribution in [2.24, 2.45) is 0 Å². The van der Waals surface area contributed by atoms with Crippen LogP contribution in [0.25, 0.3) is 11.0 Å². The molecule has 0 N–H and O–H groups in total. The third-order valence-electron chi connectivity index (χ3n) is 3.64. The van der Waals surface area contributed by atoms with Crippen molar-refractivity contribution in [3.05, 3.63) is 29.0 Å². The number of imidazole rings is 1. The van der Waals surface area contributed by atoms with Crippen LogP contribution in [0.1, 0.15) is 38.0 Å². The number of fused-ring (bicyclic) bond motifs is 1. The molecule has 0 aliphatic heterocycles. The molecule has 2 aromatic rings. The molecule has 1 aromatic heterocycles. The molecule has 0 spiro atoms. The summed E-state index contributed by atoms with van der Waals surface area (Å²) in [6.45, 7) is 6.28. The zero-order valence-corrected chi connectivity index (χ0v) is 14.1. The number of likely N-dealkylation sites (N-methyl/N-ethyl adjacent to an activating group) is 1. The zero-order valence-electron chi connectivity index (χ0n) is 12.6. The largest absolute Gasteiger partial charge is 0.344 e. The van der Waals surface area contributed by atoms with Crippen molar-refractivity contribution in [2.45, 2.75) is 32.2 Å². The summed E-state index contributed by atoms with van der Waals surface area (Å²) in [6.07, 6.45) is 0. The lowest BCUT2D eigenvalue weighted by Gasteiger charge is -2.23. The number of carbonyl (C=O) groups is 1. The van der Waals surface area contributed by atoms with Crippen LogP contribution in [-0.2, 0) is 4.79 Å². The van der Waals surface area contributed by atoms with Gasteiger partial charge in [-0.25, -0.2) is 4.98 Å². The zero-order chi connectivity index (χ0) is 15.7. The first-order valence-electron chi connectivity index (χ1n) is 6.93. The molecule has 2 unspecified atom stereocenters. The van der Waals surface area contributed by atoms with Crippen LogP contribution < -0.4 is 0 Å². The van der Waals surface area contributed by atoms with Crippen molar-refractivity contribution >= 4 is 40.1 Å². The van der Waals surface area contributed by atoms with Gasteiger partial charge >= 0.3 is 0 Å². The normalized spacial score (nSPS) is 14.2. The molecule has 0 radical (unpaired) electrons. The summed E-state index contributed by atoms with van der Waals surface area (Å²) in [5.74, 6) is 0.667. The molecule has 4 nitrogen and oxygen atoms in total. The summed E-state index contributed by atoms with van der Waals surface area (Å²) in [5, 5.41) is 0.262.